The number of amides is 2. The van der Waals surface area contributed by atoms with Crippen LogP contribution in [0.4, 0.5) is 5.69 Å². The molecule has 22 heavy (non-hydrogen) atoms. The molecule has 6 heteroatoms. The third kappa shape index (κ3) is 4.21. The molecule has 1 aliphatic carbocycles. The van der Waals surface area contributed by atoms with Gasteiger partial charge in [-0.25, -0.2) is 0 Å². The van der Waals surface area contributed by atoms with Crippen molar-refractivity contribution in [3.8, 4) is 0 Å². The molecule has 0 spiro atoms. The zero-order chi connectivity index (χ0) is 16.3. The van der Waals surface area contributed by atoms with Crippen molar-refractivity contribution in [2.75, 3.05) is 5.32 Å². The van der Waals surface area contributed by atoms with E-state index >= 15 is 0 Å². The minimum absolute atomic E-state index is 0.215. The zero-order valence-electron chi connectivity index (χ0n) is 12.9. The summed E-state index contributed by atoms with van der Waals surface area (Å²) in [6, 6.07) is 5.10. The Balaban J connectivity index is 2.11. The smallest absolute Gasteiger partial charge is 0.253 e. The number of rotatable bonds is 6. The van der Waals surface area contributed by atoms with Crippen molar-refractivity contribution in [1.29, 1.82) is 0 Å². The average molecular weight is 324 g/mol. The lowest BCUT2D eigenvalue weighted by atomic mass is 9.96. The highest BCUT2D eigenvalue weighted by Crippen LogP contribution is 2.24. The number of benzene rings is 1. The van der Waals surface area contributed by atoms with Gasteiger partial charge in [-0.1, -0.05) is 24.9 Å². The number of nitrogens with one attached hydrogen (secondary N) is 2. The first kappa shape index (κ1) is 16.8. The van der Waals surface area contributed by atoms with Gasteiger partial charge in [-0.15, -0.1) is 0 Å². The fourth-order valence-electron chi connectivity index (χ4n) is 2.17. The van der Waals surface area contributed by atoms with E-state index in [1.807, 2.05) is 6.92 Å². The van der Waals surface area contributed by atoms with Gasteiger partial charge >= 0.3 is 0 Å². The van der Waals surface area contributed by atoms with Gasteiger partial charge in [-0.2, -0.15) is 0 Å². The van der Waals surface area contributed by atoms with E-state index in [-0.39, 0.29) is 17.9 Å². The largest absolute Gasteiger partial charge is 0.349 e. The summed E-state index contributed by atoms with van der Waals surface area (Å²) >= 11 is 6.07. The Hall–Kier alpha value is -1.59. The minimum Gasteiger partial charge on any atom is -0.349 e. The molecule has 0 heterocycles. The fraction of sp³-hybridized carbons (Fsp3) is 0.500. The Morgan fingerprint density at radius 2 is 2.09 bits per heavy atom. The molecule has 1 aromatic carbocycles. The van der Waals surface area contributed by atoms with E-state index < -0.39 is 5.54 Å². The lowest BCUT2D eigenvalue weighted by Gasteiger charge is -2.23. The molecule has 2 amide bonds. The second-order valence-electron chi connectivity index (χ2n) is 6.06. The normalized spacial score (nSPS) is 16.7. The predicted molar refractivity (Wildman–Crippen MR) is 88.1 cm³/mol. The Kier molecular flexibility index (Phi) is 5.08. The van der Waals surface area contributed by atoms with Gasteiger partial charge in [0.25, 0.3) is 5.91 Å². The molecule has 1 saturated carbocycles. The summed E-state index contributed by atoms with van der Waals surface area (Å²) in [6.07, 6.45) is 3.40. The molecule has 1 aliphatic rings. The maximum atomic E-state index is 12.2. The predicted octanol–water partition coefficient (Wildman–Crippen LogP) is 2.69. The first-order chi connectivity index (χ1) is 10.3. The van der Waals surface area contributed by atoms with Crippen LogP contribution in [0, 0.1) is 0 Å². The molecule has 2 rings (SSSR count). The van der Waals surface area contributed by atoms with Crippen LogP contribution in [0.3, 0.4) is 0 Å². The maximum absolute atomic E-state index is 12.2. The third-order valence-electron chi connectivity index (χ3n) is 3.67. The van der Waals surface area contributed by atoms with Crippen molar-refractivity contribution in [3.63, 3.8) is 0 Å². The molecule has 1 unspecified atom stereocenters. The van der Waals surface area contributed by atoms with Crippen molar-refractivity contribution in [2.45, 2.75) is 51.1 Å². The van der Waals surface area contributed by atoms with Crippen LogP contribution in [0.15, 0.2) is 18.2 Å². The van der Waals surface area contributed by atoms with E-state index in [1.54, 1.807) is 25.1 Å². The topological polar surface area (TPSA) is 84.2 Å². The van der Waals surface area contributed by atoms with Crippen molar-refractivity contribution >= 4 is 29.1 Å². The first-order valence-corrected chi connectivity index (χ1v) is 7.92. The molecular weight excluding hydrogens is 302 g/mol. The number of carbonyl (C=O) groups excluding carboxylic acids is 2. The van der Waals surface area contributed by atoms with Crippen molar-refractivity contribution < 1.29 is 9.59 Å². The van der Waals surface area contributed by atoms with E-state index in [9.17, 15) is 9.59 Å². The lowest BCUT2D eigenvalue weighted by Crippen LogP contribution is -2.48. The molecule has 0 radical (unpaired) electrons. The second-order valence-corrected chi connectivity index (χ2v) is 6.47. The summed E-state index contributed by atoms with van der Waals surface area (Å²) in [5.41, 5.74) is 5.94. The van der Waals surface area contributed by atoms with Gasteiger partial charge in [0, 0.05) is 11.7 Å². The molecule has 0 saturated heterocycles. The summed E-state index contributed by atoms with van der Waals surface area (Å²) in [6.45, 7) is 3.67. The van der Waals surface area contributed by atoms with Crippen LogP contribution in [0.5, 0.6) is 0 Å². The molecule has 120 valence electrons. The average Bonchev–Trinajstić information content (AvgIpc) is 3.24. The van der Waals surface area contributed by atoms with Crippen molar-refractivity contribution in [3.05, 3.63) is 28.8 Å². The van der Waals surface area contributed by atoms with Crippen LogP contribution < -0.4 is 16.4 Å². The van der Waals surface area contributed by atoms with E-state index in [4.69, 9.17) is 17.3 Å². The highest BCUT2D eigenvalue weighted by molar-refractivity contribution is 6.34. The van der Waals surface area contributed by atoms with Gasteiger partial charge in [-0.3, -0.25) is 9.59 Å². The zero-order valence-corrected chi connectivity index (χ0v) is 13.7. The van der Waals surface area contributed by atoms with Gasteiger partial charge in [-0.05, 0) is 44.4 Å². The number of hydrogen-bond donors (Lipinski definition) is 3. The van der Waals surface area contributed by atoms with Gasteiger partial charge in [0.1, 0.15) is 0 Å². The minimum atomic E-state index is -0.940. The Morgan fingerprint density at radius 1 is 1.41 bits per heavy atom. The molecule has 0 bridgehead atoms. The van der Waals surface area contributed by atoms with Crippen LogP contribution in [0.1, 0.15) is 49.9 Å². The van der Waals surface area contributed by atoms with E-state index in [0.29, 0.717) is 22.7 Å². The molecule has 0 aromatic heterocycles. The van der Waals surface area contributed by atoms with Crippen LogP contribution in [0.25, 0.3) is 0 Å². The summed E-state index contributed by atoms with van der Waals surface area (Å²) < 4.78 is 0. The van der Waals surface area contributed by atoms with Crippen LogP contribution >= 0.6 is 11.6 Å². The van der Waals surface area contributed by atoms with Crippen molar-refractivity contribution in [2.24, 2.45) is 5.73 Å². The number of hydrogen-bond acceptors (Lipinski definition) is 3. The standard InChI is InChI=1S/C16H22ClN3O2/c1-3-8-16(2,18)15(22)20-11-6-7-13(17)12(9-11)14(21)19-10-4-5-10/h6-7,9-10H,3-5,8,18H2,1-2H3,(H,19,21)(H,20,22). The molecule has 5 nitrogen and oxygen atoms in total. The molecule has 0 aliphatic heterocycles. The summed E-state index contributed by atoms with van der Waals surface area (Å²) in [5.74, 6) is -0.488. The summed E-state index contributed by atoms with van der Waals surface area (Å²) in [7, 11) is 0. The Labute approximate surface area is 135 Å². The van der Waals surface area contributed by atoms with Crippen LogP contribution in [0.2, 0.25) is 5.02 Å². The van der Waals surface area contributed by atoms with Gasteiger partial charge in [0.15, 0.2) is 0 Å². The Bertz CT molecular complexity index is 583. The SMILES string of the molecule is CCCC(C)(N)C(=O)Nc1ccc(Cl)c(C(=O)NC2CC2)c1. The number of halogens is 1. The highest BCUT2D eigenvalue weighted by Gasteiger charge is 2.28. The molecule has 1 aromatic rings. The van der Waals surface area contributed by atoms with E-state index in [2.05, 4.69) is 10.6 Å². The van der Waals surface area contributed by atoms with Crippen LogP contribution in [-0.2, 0) is 4.79 Å². The van der Waals surface area contributed by atoms with E-state index in [0.717, 1.165) is 19.3 Å². The molecule has 1 fully saturated rings. The van der Waals surface area contributed by atoms with Gasteiger partial charge < -0.3 is 16.4 Å². The summed E-state index contributed by atoms with van der Waals surface area (Å²) in [5, 5.41) is 6.00. The highest BCUT2D eigenvalue weighted by atomic mass is 35.5. The maximum Gasteiger partial charge on any atom is 0.253 e. The first-order valence-electron chi connectivity index (χ1n) is 7.54. The summed E-state index contributed by atoms with van der Waals surface area (Å²) in [4.78, 5) is 24.3. The second kappa shape index (κ2) is 6.67. The van der Waals surface area contributed by atoms with Crippen molar-refractivity contribution in [1.82, 2.24) is 5.32 Å². The van der Waals surface area contributed by atoms with E-state index in [1.165, 1.54) is 0 Å². The number of nitrogens with two attached hydrogens (primary N) is 1. The number of carbonyl (C=O) groups is 2. The molecule has 1 atom stereocenters. The quantitative estimate of drug-likeness (QED) is 0.752. The molecule has 4 N–H and O–H groups in total. The monoisotopic (exact) mass is 323 g/mol. The van der Waals surface area contributed by atoms with Crippen LogP contribution in [-0.4, -0.2) is 23.4 Å². The van der Waals surface area contributed by atoms with Gasteiger partial charge in [0.2, 0.25) is 5.91 Å². The lowest BCUT2D eigenvalue weighted by molar-refractivity contribution is -0.120. The third-order valence-corrected chi connectivity index (χ3v) is 4.00. The number of anilines is 1. The molecular formula is C16H22ClN3O2. The van der Waals surface area contributed by atoms with Gasteiger partial charge in [0.05, 0.1) is 16.1 Å². The fourth-order valence-corrected chi connectivity index (χ4v) is 2.38. The Morgan fingerprint density at radius 3 is 2.68 bits per heavy atom.